The van der Waals surface area contributed by atoms with E-state index in [4.69, 9.17) is 10.5 Å². The van der Waals surface area contributed by atoms with Gasteiger partial charge in [-0.15, -0.1) is 0 Å². The fraction of sp³-hybridized carbons (Fsp3) is 0.368. The third-order valence-electron chi connectivity index (χ3n) is 5.30. The van der Waals surface area contributed by atoms with Crippen molar-refractivity contribution in [2.24, 2.45) is 23.7 Å². The first-order valence-corrected chi connectivity index (χ1v) is 9.59. The number of aliphatic imine (C=N–C) groups is 1. The Kier molecular flexibility index (Phi) is 4.55. The monoisotopic (exact) mass is 391 g/mol. The van der Waals surface area contributed by atoms with E-state index < -0.39 is 17.2 Å². The second-order valence-corrected chi connectivity index (χ2v) is 7.99. The highest BCUT2D eigenvalue weighted by Crippen LogP contribution is 2.49. The summed E-state index contributed by atoms with van der Waals surface area (Å²) in [6, 6.07) is 6.79. The average molecular weight is 391 g/mol. The van der Waals surface area contributed by atoms with Crippen molar-refractivity contribution in [3.8, 4) is 0 Å². The minimum Gasteiger partial charge on any atom is -0.379 e. The normalized spacial score (nSPS) is 27.7. The van der Waals surface area contributed by atoms with Gasteiger partial charge in [0, 0.05) is 42.6 Å². The van der Waals surface area contributed by atoms with E-state index in [2.05, 4.69) is 4.99 Å². The number of nitrogens with zero attached hydrogens (tertiary/aromatic N) is 2. The maximum Gasteiger partial charge on any atom is 0.250 e. The lowest BCUT2D eigenvalue weighted by atomic mass is 9.74. The zero-order valence-electron chi connectivity index (χ0n) is 14.7. The number of pyridine rings is 1. The van der Waals surface area contributed by atoms with Gasteiger partial charge >= 0.3 is 0 Å². The van der Waals surface area contributed by atoms with Crippen LogP contribution in [0.15, 0.2) is 46.3 Å². The van der Waals surface area contributed by atoms with E-state index in [1.807, 2.05) is 0 Å². The predicted molar refractivity (Wildman–Crippen MR) is 101 cm³/mol. The van der Waals surface area contributed by atoms with Gasteiger partial charge in [0.15, 0.2) is 5.17 Å². The molecule has 1 saturated heterocycles. The number of aryl methyl sites for hydroxylation is 1. The van der Waals surface area contributed by atoms with Crippen LogP contribution in [0.3, 0.4) is 0 Å². The fourth-order valence-corrected chi connectivity index (χ4v) is 4.86. The Bertz CT molecular complexity index is 978. The number of fused-ring (bicyclic) bond motifs is 1. The summed E-state index contributed by atoms with van der Waals surface area (Å²) in [4.78, 5) is 16.2. The van der Waals surface area contributed by atoms with Crippen LogP contribution >= 0.6 is 11.8 Å². The second kappa shape index (κ2) is 6.76. The van der Waals surface area contributed by atoms with Gasteiger partial charge in [-0.1, -0.05) is 17.8 Å². The lowest BCUT2D eigenvalue weighted by molar-refractivity contribution is -0.0590. The first kappa shape index (κ1) is 18.2. The molecule has 8 heteroatoms. The highest BCUT2D eigenvalue weighted by Gasteiger charge is 2.49. The number of hydrogen-bond acceptors (Lipinski definition) is 5. The first-order chi connectivity index (χ1) is 12.9. The van der Waals surface area contributed by atoms with E-state index in [-0.39, 0.29) is 24.2 Å². The molecule has 2 aromatic rings. The van der Waals surface area contributed by atoms with E-state index in [1.165, 1.54) is 34.5 Å². The zero-order valence-corrected chi connectivity index (χ0v) is 15.5. The van der Waals surface area contributed by atoms with Crippen LogP contribution in [-0.4, -0.2) is 22.1 Å². The van der Waals surface area contributed by atoms with Gasteiger partial charge in [0.2, 0.25) is 5.56 Å². The number of hydrogen-bond donors (Lipinski definition) is 1. The van der Waals surface area contributed by atoms with Crippen LogP contribution in [0.5, 0.6) is 0 Å². The molecule has 0 aliphatic carbocycles. The van der Waals surface area contributed by atoms with Crippen LogP contribution in [0.4, 0.5) is 8.78 Å². The topological polar surface area (TPSA) is 69.6 Å². The smallest absolute Gasteiger partial charge is 0.250 e. The van der Waals surface area contributed by atoms with Crippen molar-refractivity contribution in [3.63, 3.8) is 0 Å². The van der Waals surface area contributed by atoms with Crippen molar-refractivity contribution in [3.05, 3.63) is 69.6 Å². The molecule has 0 spiro atoms. The lowest BCUT2D eigenvalue weighted by Crippen LogP contribution is -2.48. The molecule has 2 N–H and O–H groups in total. The molecule has 0 radical (unpaired) electrons. The van der Waals surface area contributed by atoms with Gasteiger partial charge in [-0.2, -0.15) is 0 Å². The van der Waals surface area contributed by atoms with Crippen LogP contribution in [0, 0.1) is 17.6 Å². The number of benzene rings is 1. The average Bonchev–Trinajstić information content (AvgIpc) is 2.63. The van der Waals surface area contributed by atoms with Gasteiger partial charge in [-0.3, -0.25) is 4.79 Å². The first-order valence-electron chi connectivity index (χ1n) is 8.61. The largest absolute Gasteiger partial charge is 0.379 e. The molecule has 0 unspecified atom stereocenters. The van der Waals surface area contributed by atoms with E-state index >= 15 is 0 Å². The molecular weight excluding hydrogens is 372 g/mol. The molecule has 5 nitrogen and oxygen atoms in total. The molecule has 4 rings (SSSR count). The predicted octanol–water partition coefficient (Wildman–Crippen LogP) is 2.70. The molecule has 27 heavy (non-hydrogen) atoms. The Morgan fingerprint density at radius 2 is 2.15 bits per heavy atom. The quantitative estimate of drug-likeness (QED) is 0.855. The van der Waals surface area contributed by atoms with Gasteiger partial charge in [0.1, 0.15) is 17.2 Å². The van der Waals surface area contributed by atoms with Crippen molar-refractivity contribution in [2.45, 2.75) is 18.1 Å². The molecule has 1 fully saturated rings. The van der Waals surface area contributed by atoms with Crippen LogP contribution in [0.2, 0.25) is 0 Å². The number of ether oxygens (including phenoxy) is 1. The maximum atomic E-state index is 14.6. The van der Waals surface area contributed by atoms with Crippen LogP contribution in [0.1, 0.15) is 23.7 Å². The van der Waals surface area contributed by atoms with Gasteiger partial charge in [-0.05, 0) is 24.1 Å². The molecule has 0 saturated carbocycles. The van der Waals surface area contributed by atoms with Crippen LogP contribution in [0.25, 0.3) is 0 Å². The van der Waals surface area contributed by atoms with E-state index in [9.17, 15) is 13.6 Å². The molecule has 2 aliphatic heterocycles. The number of nitrogens with two attached hydrogens (primary N) is 1. The second-order valence-electron chi connectivity index (χ2n) is 6.95. The Labute approximate surface area is 159 Å². The van der Waals surface area contributed by atoms with Gasteiger partial charge in [0.05, 0.1) is 12.7 Å². The molecule has 142 valence electrons. The highest BCUT2D eigenvalue weighted by atomic mass is 32.2. The van der Waals surface area contributed by atoms with Crippen molar-refractivity contribution in [1.82, 2.24) is 4.57 Å². The summed E-state index contributed by atoms with van der Waals surface area (Å²) in [5.41, 5.74) is 6.08. The molecule has 3 heterocycles. The summed E-state index contributed by atoms with van der Waals surface area (Å²) in [5.74, 6) is -0.651. The third-order valence-corrected chi connectivity index (χ3v) is 6.25. The number of halogens is 2. The minimum atomic E-state index is -0.968. The summed E-state index contributed by atoms with van der Waals surface area (Å²) in [5, 5.41) is 0.374. The Morgan fingerprint density at radius 3 is 2.89 bits per heavy atom. The van der Waals surface area contributed by atoms with Crippen molar-refractivity contribution in [2.75, 3.05) is 12.4 Å². The molecule has 1 aromatic heterocycles. The number of thioether (sulfide) groups is 1. The van der Waals surface area contributed by atoms with Crippen molar-refractivity contribution >= 4 is 16.9 Å². The van der Waals surface area contributed by atoms with E-state index in [0.717, 1.165) is 11.6 Å². The summed E-state index contributed by atoms with van der Waals surface area (Å²) >= 11 is 1.43. The minimum absolute atomic E-state index is 0.0363. The summed E-state index contributed by atoms with van der Waals surface area (Å²) in [6.07, 6.45) is 2.12. The summed E-state index contributed by atoms with van der Waals surface area (Å²) in [6.45, 7) is 0.134. The number of rotatable bonds is 2. The lowest BCUT2D eigenvalue weighted by Gasteiger charge is -2.46. The maximum absolute atomic E-state index is 14.6. The molecule has 3 atom stereocenters. The Morgan fingerprint density at radius 1 is 1.33 bits per heavy atom. The summed E-state index contributed by atoms with van der Waals surface area (Å²) in [7, 11) is 1.69. The van der Waals surface area contributed by atoms with Gasteiger partial charge in [0.25, 0.3) is 0 Å². The Hall–Kier alpha value is -2.19. The number of aromatic nitrogens is 1. The third kappa shape index (κ3) is 3.17. The van der Waals surface area contributed by atoms with Crippen molar-refractivity contribution in [1.29, 1.82) is 0 Å². The molecule has 2 aliphatic rings. The zero-order chi connectivity index (χ0) is 19.2. The van der Waals surface area contributed by atoms with E-state index in [0.29, 0.717) is 22.9 Å². The van der Waals surface area contributed by atoms with Crippen molar-refractivity contribution < 1.29 is 13.5 Å². The van der Waals surface area contributed by atoms with E-state index in [1.54, 1.807) is 19.3 Å². The van der Waals surface area contributed by atoms with Crippen LogP contribution in [-0.2, 0) is 17.3 Å². The molecule has 0 bridgehead atoms. The SMILES string of the molecule is Cn1cc([C@H]2C[C@H]3CSC(N)=N[C@@]3(c3ccc(F)cc3F)CO2)ccc1=O. The number of amidine groups is 1. The molecule has 0 amide bonds. The standard InChI is InChI=1S/C19H19F2N3O2S/c1-24-8-11(2-5-17(24)25)16-6-12-9-27-18(22)23-19(12,10-26-16)14-4-3-13(20)7-15(14)21/h2-5,7-8,12,16H,6,9-10H2,1H3,(H2,22,23)/t12-,16+,19-/m0/s1. The summed E-state index contributed by atoms with van der Waals surface area (Å²) < 4.78 is 35.6. The van der Waals surface area contributed by atoms with Crippen LogP contribution < -0.4 is 11.3 Å². The molecule has 1 aromatic carbocycles. The Balaban J connectivity index is 1.72. The highest BCUT2D eigenvalue weighted by molar-refractivity contribution is 8.13. The van der Waals surface area contributed by atoms with Gasteiger partial charge in [-0.25, -0.2) is 13.8 Å². The van der Waals surface area contributed by atoms with Gasteiger partial charge < -0.3 is 15.0 Å². The molecular formula is C19H19F2N3O2S. The fourth-order valence-electron chi connectivity index (χ4n) is 3.85.